The summed E-state index contributed by atoms with van der Waals surface area (Å²) in [5.74, 6) is 2.29. The minimum absolute atomic E-state index is 0.102. The maximum Gasteiger partial charge on any atom is 0.234 e. The highest BCUT2D eigenvalue weighted by Gasteiger charge is 2.16. The number of benzene rings is 2. The lowest BCUT2D eigenvalue weighted by molar-refractivity contribution is -0.113. The molecule has 0 radical (unpaired) electrons. The van der Waals surface area contributed by atoms with Crippen LogP contribution in [-0.2, 0) is 17.9 Å². The van der Waals surface area contributed by atoms with E-state index < -0.39 is 0 Å². The quantitative estimate of drug-likeness (QED) is 0.369. The molecule has 32 heavy (non-hydrogen) atoms. The average Bonchev–Trinajstić information content (AvgIpc) is 3.41. The molecule has 2 heterocycles. The highest BCUT2D eigenvalue weighted by atomic mass is 32.2. The van der Waals surface area contributed by atoms with Gasteiger partial charge in [0.15, 0.2) is 11.0 Å². The standard InChI is InChI=1S/C24H24N4O3S/c1-17-11-18(2)13-19(12-17)25-23(29)16-32-24-27-26-22(15-31-20-7-4-3-5-8-20)28(24)14-21-9-6-10-30-21/h3-13H,14-16H2,1-2H3,(H,25,29). The van der Waals surface area contributed by atoms with Gasteiger partial charge in [-0.25, -0.2) is 0 Å². The molecule has 4 rings (SSSR count). The molecule has 0 aliphatic rings. The Hall–Kier alpha value is -3.52. The molecule has 1 amide bonds. The van der Waals surface area contributed by atoms with Crippen LogP contribution in [0.2, 0.25) is 0 Å². The molecule has 8 heteroatoms. The summed E-state index contributed by atoms with van der Waals surface area (Å²) in [4.78, 5) is 12.5. The summed E-state index contributed by atoms with van der Waals surface area (Å²) in [5, 5.41) is 12.2. The Morgan fingerprint density at radius 1 is 1.06 bits per heavy atom. The number of hydrogen-bond acceptors (Lipinski definition) is 6. The number of carbonyl (C=O) groups excluding carboxylic acids is 1. The van der Waals surface area contributed by atoms with Gasteiger partial charge in [-0.05, 0) is 61.4 Å². The van der Waals surface area contributed by atoms with E-state index in [-0.39, 0.29) is 18.3 Å². The fraction of sp³-hybridized carbons (Fsp3) is 0.208. The average molecular weight is 449 g/mol. The summed E-state index contributed by atoms with van der Waals surface area (Å²) in [6.45, 7) is 4.72. The Morgan fingerprint density at radius 3 is 2.56 bits per heavy atom. The van der Waals surface area contributed by atoms with E-state index in [0.29, 0.717) is 17.5 Å². The third kappa shape index (κ3) is 5.79. The first-order chi connectivity index (χ1) is 15.6. The van der Waals surface area contributed by atoms with Crippen LogP contribution in [0, 0.1) is 13.8 Å². The number of thioether (sulfide) groups is 1. The zero-order valence-electron chi connectivity index (χ0n) is 17.9. The normalized spacial score (nSPS) is 10.8. The van der Waals surface area contributed by atoms with Gasteiger partial charge < -0.3 is 14.5 Å². The Balaban J connectivity index is 1.44. The van der Waals surface area contributed by atoms with E-state index in [1.807, 2.05) is 73.0 Å². The van der Waals surface area contributed by atoms with E-state index in [1.165, 1.54) is 11.8 Å². The van der Waals surface area contributed by atoms with Crippen LogP contribution >= 0.6 is 11.8 Å². The Labute approximate surface area is 190 Å². The molecule has 0 bridgehead atoms. The summed E-state index contributed by atoms with van der Waals surface area (Å²) >= 11 is 1.33. The highest BCUT2D eigenvalue weighted by Crippen LogP contribution is 2.21. The minimum Gasteiger partial charge on any atom is -0.486 e. The van der Waals surface area contributed by atoms with Gasteiger partial charge in [-0.3, -0.25) is 9.36 Å². The molecule has 0 atom stereocenters. The van der Waals surface area contributed by atoms with Crippen LogP contribution in [-0.4, -0.2) is 26.4 Å². The van der Waals surface area contributed by atoms with Gasteiger partial charge in [0.05, 0.1) is 18.6 Å². The van der Waals surface area contributed by atoms with Crippen molar-refractivity contribution in [3.05, 3.63) is 89.6 Å². The van der Waals surface area contributed by atoms with Crippen molar-refractivity contribution in [2.24, 2.45) is 0 Å². The second-order valence-corrected chi connectivity index (χ2v) is 8.32. The number of nitrogens with one attached hydrogen (secondary N) is 1. The van der Waals surface area contributed by atoms with Crippen LogP contribution in [0.5, 0.6) is 5.75 Å². The second-order valence-electron chi connectivity index (χ2n) is 7.38. The smallest absolute Gasteiger partial charge is 0.234 e. The summed E-state index contributed by atoms with van der Waals surface area (Å²) in [6.07, 6.45) is 1.63. The third-order valence-corrected chi connectivity index (χ3v) is 5.60. The Morgan fingerprint density at radius 2 is 1.84 bits per heavy atom. The van der Waals surface area contributed by atoms with Crippen LogP contribution in [0.25, 0.3) is 0 Å². The van der Waals surface area contributed by atoms with Crippen LogP contribution < -0.4 is 10.1 Å². The molecule has 0 saturated heterocycles. The van der Waals surface area contributed by atoms with E-state index in [4.69, 9.17) is 9.15 Å². The molecule has 2 aromatic carbocycles. The van der Waals surface area contributed by atoms with Crippen molar-refractivity contribution < 1.29 is 13.9 Å². The maximum atomic E-state index is 12.5. The molecule has 0 fully saturated rings. The van der Waals surface area contributed by atoms with Gasteiger partial charge in [-0.1, -0.05) is 36.0 Å². The van der Waals surface area contributed by atoms with E-state index in [0.717, 1.165) is 28.3 Å². The third-order valence-electron chi connectivity index (χ3n) is 4.64. The number of nitrogens with zero attached hydrogens (tertiary/aromatic N) is 3. The number of ether oxygens (including phenoxy) is 1. The topological polar surface area (TPSA) is 82.2 Å². The van der Waals surface area contributed by atoms with Gasteiger partial charge in [0, 0.05) is 5.69 Å². The van der Waals surface area contributed by atoms with Crippen molar-refractivity contribution in [3.63, 3.8) is 0 Å². The zero-order chi connectivity index (χ0) is 22.3. The van der Waals surface area contributed by atoms with Crippen molar-refractivity contribution >= 4 is 23.4 Å². The largest absolute Gasteiger partial charge is 0.486 e. The number of hydrogen-bond donors (Lipinski definition) is 1. The number of rotatable bonds is 9. The molecule has 4 aromatic rings. The molecule has 164 valence electrons. The minimum atomic E-state index is -0.102. The number of para-hydroxylation sites is 1. The van der Waals surface area contributed by atoms with Crippen LogP contribution in [0.4, 0.5) is 5.69 Å². The Kier molecular flexibility index (Phi) is 6.91. The number of anilines is 1. The number of aryl methyl sites for hydroxylation is 2. The van der Waals surface area contributed by atoms with E-state index in [9.17, 15) is 4.79 Å². The predicted octanol–water partition coefficient (Wildman–Crippen LogP) is 4.85. The molecule has 1 N–H and O–H groups in total. The van der Waals surface area contributed by atoms with Crippen LogP contribution in [0.15, 0.2) is 76.5 Å². The lowest BCUT2D eigenvalue weighted by Gasteiger charge is -2.10. The number of aromatic nitrogens is 3. The monoisotopic (exact) mass is 448 g/mol. The number of furan rings is 1. The van der Waals surface area contributed by atoms with Crippen LogP contribution in [0.1, 0.15) is 22.7 Å². The van der Waals surface area contributed by atoms with Crippen molar-refractivity contribution in [2.75, 3.05) is 11.1 Å². The van der Waals surface area contributed by atoms with Crippen molar-refractivity contribution in [1.29, 1.82) is 0 Å². The van der Waals surface area contributed by atoms with Gasteiger partial charge in [-0.2, -0.15) is 0 Å². The summed E-state index contributed by atoms with van der Waals surface area (Å²) in [5.41, 5.74) is 3.01. The first kappa shape index (κ1) is 21.7. The van der Waals surface area contributed by atoms with Gasteiger partial charge in [0.1, 0.15) is 18.1 Å². The maximum absolute atomic E-state index is 12.5. The lowest BCUT2D eigenvalue weighted by Crippen LogP contribution is -2.15. The molecular weight excluding hydrogens is 424 g/mol. The fourth-order valence-electron chi connectivity index (χ4n) is 3.29. The summed E-state index contributed by atoms with van der Waals surface area (Å²) < 4.78 is 13.3. The van der Waals surface area contributed by atoms with E-state index in [2.05, 4.69) is 21.6 Å². The van der Waals surface area contributed by atoms with E-state index >= 15 is 0 Å². The molecule has 7 nitrogen and oxygen atoms in total. The Bertz CT molecular complexity index is 1150. The summed E-state index contributed by atoms with van der Waals surface area (Å²) in [7, 11) is 0. The predicted molar refractivity (Wildman–Crippen MR) is 124 cm³/mol. The first-order valence-electron chi connectivity index (χ1n) is 10.2. The molecule has 0 spiro atoms. The van der Waals surface area contributed by atoms with E-state index in [1.54, 1.807) is 6.26 Å². The first-order valence-corrected chi connectivity index (χ1v) is 11.2. The lowest BCUT2D eigenvalue weighted by atomic mass is 10.1. The highest BCUT2D eigenvalue weighted by molar-refractivity contribution is 7.99. The molecule has 2 aromatic heterocycles. The van der Waals surface area contributed by atoms with Gasteiger partial charge in [0.2, 0.25) is 5.91 Å². The number of amides is 1. The van der Waals surface area contributed by atoms with Crippen LogP contribution in [0.3, 0.4) is 0 Å². The van der Waals surface area contributed by atoms with Crippen molar-refractivity contribution in [2.45, 2.75) is 32.2 Å². The van der Waals surface area contributed by atoms with Crippen molar-refractivity contribution in [1.82, 2.24) is 14.8 Å². The van der Waals surface area contributed by atoms with Gasteiger partial charge >= 0.3 is 0 Å². The molecular formula is C24H24N4O3S. The van der Waals surface area contributed by atoms with Gasteiger partial charge in [0.25, 0.3) is 0 Å². The number of carbonyl (C=O) groups is 1. The second kappa shape index (κ2) is 10.2. The zero-order valence-corrected chi connectivity index (χ0v) is 18.8. The summed E-state index contributed by atoms with van der Waals surface area (Å²) in [6, 6.07) is 19.2. The fourth-order valence-corrected chi connectivity index (χ4v) is 4.05. The SMILES string of the molecule is Cc1cc(C)cc(NC(=O)CSc2nnc(COc3ccccc3)n2Cc2ccco2)c1. The molecule has 0 aliphatic heterocycles. The van der Waals surface area contributed by atoms with Gasteiger partial charge in [-0.15, -0.1) is 10.2 Å². The van der Waals surface area contributed by atoms with Crippen molar-refractivity contribution in [3.8, 4) is 5.75 Å². The molecule has 0 saturated carbocycles. The molecule has 0 unspecified atom stereocenters. The molecule has 0 aliphatic carbocycles.